The molecular formula is C15H18ClNO2. The van der Waals surface area contributed by atoms with Crippen molar-refractivity contribution in [2.45, 2.75) is 25.3 Å². The van der Waals surface area contributed by atoms with Crippen molar-refractivity contribution in [1.29, 1.82) is 0 Å². The standard InChI is InChI=1S/C15H18ClNO2/c16-10-6-4-9(5-7-10)13(8-18)17-15(19)14-11-2-1-3-12(11)14/h4-7,11-14,18H,1-3,8H2,(H,17,19). The summed E-state index contributed by atoms with van der Waals surface area (Å²) < 4.78 is 0. The van der Waals surface area contributed by atoms with Crippen molar-refractivity contribution in [3.05, 3.63) is 34.9 Å². The van der Waals surface area contributed by atoms with Gasteiger partial charge in [-0.25, -0.2) is 0 Å². The molecule has 0 aliphatic heterocycles. The van der Waals surface area contributed by atoms with Gasteiger partial charge in [0.05, 0.1) is 12.6 Å². The molecule has 4 heteroatoms. The van der Waals surface area contributed by atoms with Gasteiger partial charge in [-0.2, -0.15) is 0 Å². The van der Waals surface area contributed by atoms with Crippen molar-refractivity contribution >= 4 is 17.5 Å². The van der Waals surface area contributed by atoms with E-state index in [9.17, 15) is 9.90 Å². The molecule has 1 aromatic rings. The van der Waals surface area contributed by atoms with E-state index in [0.717, 1.165) is 5.56 Å². The van der Waals surface area contributed by atoms with Crippen LogP contribution in [0.2, 0.25) is 5.02 Å². The molecule has 2 aliphatic rings. The molecule has 2 saturated carbocycles. The summed E-state index contributed by atoms with van der Waals surface area (Å²) in [7, 11) is 0. The predicted molar refractivity (Wildman–Crippen MR) is 73.7 cm³/mol. The highest BCUT2D eigenvalue weighted by Crippen LogP contribution is 2.57. The largest absolute Gasteiger partial charge is 0.394 e. The molecule has 3 nitrogen and oxygen atoms in total. The van der Waals surface area contributed by atoms with Gasteiger partial charge in [0.1, 0.15) is 0 Å². The van der Waals surface area contributed by atoms with E-state index in [1.165, 1.54) is 19.3 Å². The Bertz CT molecular complexity index is 464. The average Bonchev–Trinajstić information content (AvgIpc) is 2.90. The van der Waals surface area contributed by atoms with Crippen molar-refractivity contribution in [2.75, 3.05) is 6.61 Å². The number of fused-ring (bicyclic) bond motifs is 1. The van der Waals surface area contributed by atoms with Crippen LogP contribution < -0.4 is 5.32 Å². The summed E-state index contributed by atoms with van der Waals surface area (Å²) in [6.07, 6.45) is 3.64. The summed E-state index contributed by atoms with van der Waals surface area (Å²) in [4.78, 5) is 12.2. The van der Waals surface area contributed by atoms with E-state index in [2.05, 4.69) is 5.32 Å². The molecule has 102 valence electrons. The lowest BCUT2D eigenvalue weighted by Gasteiger charge is -2.17. The first-order valence-corrected chi connectivity index (χ1v) is 7.25. The second-order valence-electron chi connectivity index (χ2n) is 5.58. The summed E-state index contributed by atoms with van der Waals surface area (Å²) >= 11 is 5.84. The van der Waals surface area contributed by atoms with E-state index in [4.69, 9.17) is 11.6 Å². The first kappa shape index (κ1) is 12.9. The van der Waals surface area contributed by atoms with Crippen LogP contribution in [-0.4, -0.2) is 17.6 Å². The molecule has 0 spiro atoms. The topological polar surface area (TPSA) is 49.3 Å². The number of carbonyl (C=O) groups excluding carboxylic acids is 1. The highest BCUT2D eigenvalue weighted by molar-refractivity contribution is 6.30. The minimum absolute atomic E-state index is 0.0879. The monoisotopic (exact) mass is 279 g/mol. The Morgan fingerprint density at radius 3 is 2.53 bits per heavy atom. The first-order chi connectivity index (χ1) is 9.20. The number of amides is 1. The highest BCUT2D eigenvalue weighted by atomic mass is 35.5. The Kier molecular flexibility index (Phi) is 3.50. The van der Waals surface area contributed by atoms with Gasteiger partial charge in [-0.1, -0.05) is 30.2 Å². The molecule has 19 heavy (non-hydrogen) atoms. The quantitative estimate of drug-likeness (QED) is 0.890. The Morgan fingerprint density at radius 1 is 1.32 bits per heavy atom. The molecule has 3 unspecified atom stereocenters. The number of aliphatic hydroxyl groups is 1. The fourth-order valence-electron chi connectivity index (χ4n) is 3.41. The highest BCUT2D eigenvalue weighted by Gasteiger charge is 2.56. The van der Waals surface area contributed by atoms with Crippen LogP contribution in [0.4, 0.5) is 0 Å². The summed E-state index contributed by atoms with van der Waals surface area (Å²) in [6.45, 7) is -0.0879. The molecule has 2 aliphatic carbocycles. The van der Waals surface area contributed by atoms with Gasteiger partial charge < -0.3 is 10.4 Å². The first-order valence-electron chi connectivity index (χ1n) is 6.87. The zero-order valence-electron chi connectivity index (χ0n) is 10.7. The third kappa shape index (κ3) is 2.49. The summed E-state index contributed by atoms with van der Waals surface area (Å²) in [5.41, 5.74) is 0.894. The molecule has 3 rings (SSSR count). The lowest BCUT2D eigenvalue weighted by molar-refractivity contribution is -0.124. The molecule has 3 atom stereocenters. The molecule has 2 N–H and O–H groups in total. The molecule has 0 radical (unpaired) electrons. The number of halogens is 1. The zero-order chi connectivity index (χ0) is 13.4. The molecule has 0 saturated heterocycles. The number of carbonyl (C=O) groups is 1. The maximum Gasteiger partial charge on any atom is 0.224 e. The number of benzene rings is 1. The Balaban J connectivity index is 1.63. The minimum Gasteiger partial charge on any atom is -0.394 e. The molecule has 0 heterocycles. The second-order valence-corrected chi connectivity index (χ2v) is 6.02. The fourth-order valence-corrected chi connectivity index (χ4v) is 3.53. The van der Waals surface area contributed by atoms with Gasteiger partial charge in [0.2, 0.25) is 5.91 Å². The lowest BCUT2D eigenvalue weighted by Crippen LogP contribution is -2.33. The third-order valence-electron chi connectivity index (χ3n) is 4.48. The van der Waals surface area contributed by atoms with Gasteiger partial charge in [0.15, 0.2) is 0 Å². The summed E-state index contributed by atoms with van der Waals surface area (Å²) in [6, 6.07) is 6.91. The number of nitrogens with one attached hydrogen (secondary N) is 1. The normalized spacial score (nSPS) is 29.7. The van der Waals surface area contributed by atoms with E-state index >= 15 is 0 Å². The van der Waals surface area contributed by atoms with E-state index < -0.39 is 0 Å². The Labute approximate surface area is 118 Å². The number of aliphatic hydroxyl groups excluding tert-OH is 1. The van der Waals surface area contributed by atoms with Crippen molar-refractivity contribution in [2.24, 2.45) is 17.8 Å². The van der Waals surface area contributed by atoms with Crippen LogP contribution in [0.1, 0.15) is 30.9 Å². The van der Waals surface area contributed by atoms with Crippen LogP contribution in [0.25, 0.3) is 0 Å². The van der Waals surface area contributed by atoms with Gasteiger partial charge in [-0.3, -0.25) is 4.79 Å². The second kappa shape index (κ2) is 5.14. The van der Waals surface area contributed by atoms with E-state index in [1.54, 1.807) is 12.1 Å². The zero-order valence-corrected chi connectivity index (χ0v) is 11.4. The van der Waals surface area contributed by atoms with E-state index in [-0.39, 0.29) is 24.5 Å². The lowest BCUT2D eigenvalue weighted by atomic mass is 10.1. The fraction of sp³-hybridized carbons (Fsp3) is 0.533. The minimum atomic E-state index is -0.328. The number of hydrogen-bond acceptors (Lipinski definition) is 2. The maximum absolute atomic E-state index is 12.2. The van der Waals surface area contributed by atoms with Crippen molar-refractivity contribution in [1.82, 2.24) is 5.32 Å². The van der Waals surface area contributed by atoms with Gasteiger partial charge in [0.25, 0.3) is 0 Å². The van der Waals surface area contributed by atoms with Gasteiger partial charge in [-0.05, 0) is 42.4 Å². The Morgan fingerprint density at radius 2 is 1.95 bits per heavy atom. The SMILES string of the molecule is O=C(NC(CO)c1ccc(Cl)cc1)C1C2CCCC21. The van der Waals surface area contributed by atoms with Gasteiger partial charge >= 0.3 is 0 Å². The van der Waals surface area contributed by atoms with Gasteiger partial charge in [0, 0.05) is 10.9 Å². The smallest absolute Gasteiger partial charge is 0.224 e. The number of rotatable bonds is 4. The van der Waals surface area contributed by atoms with Crippen LogP contribution in [0.3, 0.4) is 0 Å². The maximum atomic E-state index is 12.2. The van der Waals surface area contributed by atoms with Crippen LogP contribution in [-0.2, 0) is 4.79 Å². The van der Waals surface area contributed by atoms with E-state index in [0.29, 0.717) is 16.9 Å². The van der Waals surface area contributed by atoms with Crippen LogP contribution in [0.5, 0.6) is 0 Å². The van der Waals surface area contributed by atoms with Crippen molar-refractivity contribution in [3.8, 4) is 0 Å². The van der Waals surface area contributed by atoms with Crippen molar-refractivity contribution in [3.63, 3.8) is 0 Å². The molecule has 0 aromatic heterocycles. The summed E-state index contributed by atoms with van der Waals surface area (Å²) in [5, 5.41) is 13.1. The van der Waals surface area contributed by atoms with Crippen LogP contribution in [0.15, 0.2) is 24.3 Å². The third-order valence-corrected chi connectivity index (χ3v) is 4.73. The molecule has 0 bridgehead atoms. The van der Waals surface area contributed by atoms with Crippen molar-refractivity contribution < 1.29 is 9.90 Å². The average molecular weight is 280 g/mol. The van der Waals surface area contributed by atoms with Gasteiger partial charge in [-0.15, -0.1) is 0 Å². The van der Waals surface area contributed by atoms with Crippen LogP contribution >= 0.6 is 11.6 Å². The molecule has 2 fully saturated rings. The molecule has 1 amide bonds. The molecule has 1 aromatic carbocycles. The Hall–Kier alpha value is -1.06. The predicted octanol–water partition coefficient (Wildman–Crippen LogP) is 2.54. The summed E-state index contributed by atoms with van der Waals surface area (Å²) in [5.74, 6) is 1.49. The molecular weight excluding hydrogens is 262 g/mol. The van der Waals surface area contributed by atoms with Crippen LogP contribution in [0, 0.1) is 17.8 Å². The number of hydrogen-bond donors (Lipinski definition) is 2. The van der Waals surface area contributed by atoms with E-state index in [1.807, 2.05) is 12.1 Å².